The minimum absolute atomic E-state index is 0.322. The smallest absolute Gasteiger partial charge is 0.144 e. The van der Waals surface area contributed by atoms with E-state index in [4.69, 9.17) is 16.6 Å². The molecule has 3 atom stereocenters. The molecular formula is C16H17ClN2S2. The molecule has 0 bridgehead atoms. The largest absolute Gasteiger partial charge is 0.232 e. The van der Waals surface area contributed by atoms with E-state index in [9.17, 15) is 0 Å². The van der Waals surface area contributed by atoms with Gasteiger partial charge in [-0.2, -0.15) is 11.8 Å². The van der Waals surface area contributed by atoms with E-state index in [0.29, 0.717) is 20.9 Å². The zero-order chi connectivity index (χ0) is 14.8. The van der Waals surface area contributed by atoms with E-state index in [0.717, 1.165) is 22.8 Å². The Balaban J connectivity index is 1.92. The fourth-order valence-corrected chi connectivity index (χ4v) is 5.29. The summed E-state index contributed by atoms with van der Waals surface area (Å²) in [6.07, 6.45) is 0. The molecule has 1 fully saturated rings. The number of thioether (sulfide) groups is 2. The van der Waals surface area contributed by atoms with Gasteiger partial charge in [0.2, 0.25) is 0 Å². The highest BCUT2D eigenvalue weighted by Crippen LogP contribution is 2.43. The van der Waals surface area contributed by atoms with Gasteiger partial charge in [-0.15, -0.1) is 11.8 Å². The van der Waals surface area contributed by atoms with Crippen LogP contribution in [0.2, 0.25) is 5.15 Å². The van der Waals surface area contributed by atoms with E-state index >= 15 is 0 Å². The molecule has 0 radical (unpaired) electrons. The fraction of sp³-hybridized carbons (Fsp3) is 0.375. The molecule has 0 aliphatic carbocycles. The normalized spacial score (nSPS) is 25.8. The van der Waals surface area contributed by atoms with Crippen molar-refractivity contribution in [1.29, 1.82) is 0 Å². The SMILES string of the molecule is CC1SCC(c2nc(Cl)cc(-c3ccccc3)n2)SC1C. The summed E-state index contributed by atoms with van der Waals surface area (Å²) >= 11 is 10.2. The van der Waals surface area contributed by atoms with Gasteiger partial charge in [0, 0.05) is 27.9 Å². The molecule has 1 aromatic carbocycles. The van der Waals surface area contributed by atoms with Gasteiger partial charge < -0.3 is 0 Å². The Morgan fingerprint density at radius 2 is 1.86 bits per heavy atom. The molecule has 2 nitrogen and oxygen atoms in total. The van der Waals surface area contributed by atoms with Gasteiger partial charge in [0.05, 0.1) is 10.9 Å². The van der Waals surface area contributed by atoms with Crippen LogP contribution < -0.4 is 0 Å². The number of halogens is 1. The van der Waals surface area contributed by atoms with Crippen LogP contribution in [-0.2, 0) is 0 Å². The summed E-state index contributed by atoms with van der Waals surface area (Å²) in [5, 5.41) is 2.13. The van der Waals surface area contributed by atoms with Gasteiger partial charge in [0.15, 0.2) is 0 Å². The summed E-state index contributed by atoms with van der Waals surface area (Å²) in [4.78, 5) is 9.22. The third kappa shape index (κ3) is 3.55. The molecule has 3 unspecified atom stereocenters. The van der Waals surface area contributed by atoms with Crippen molar-refractivity contribution in [2.24, 2.45) is 0 Å². The van der Waals surface area contributed by atoms with Crippen molar-refractivity contribution in [1.82, 2.24) is 9.97 Å². The number of benzene rings is 1. The van der Waals surface area contributed by atoms with E-state index in [1.54, 1.807) is 0 Å². The van der Waals surface area contributed by atoms with Crippen molar-refractivity contribution in [2.75, 3.05) is 5.75 Å². The number of hydrogen-bond donors (Lipinski definition) is 0. The first kappa shape index (κ1) is 15.2. The summed E-state index contributed by atoms with van der Waals surface area (Å²) in [6.45, 7) is 4.56. The fourth-order valence-electron chi connectivity index (χ4n) is 2.26. The summed E-state index contributed by atoms with van der Waals surface area (Å²) < 4.78 is 0. The first-order valence-electron chi connectivity index (χ1n) is 7.00. The van der Waals surface area contributed by atoms with E-state index in [1.165, 1.54) is 0 Å². The Kier molecular flexibility index (Phi) is 4.77. The average molecular weight is 337 g/mol. The third-order valence-electron chi connectivity index (χ3n) is 3.62. The van der Waals surface area contributed by atoms with Crippen LogP contribution in [-0.4, -0.2) is 26.2 Å². The molecule has 0 spiro atoms. The van der Waals surface area contributed by atoms with Crippen molar-refractivity contribution in [3.05, 3.63) is 47.4 Å². The summed E-state index contributed by atoms with van der Waals surface area (Å²) in [7, 11) is 0. The third-order valence-corrected chi connectivity index (χ3v) is 7.20. The topological polar surface area (TPSA) is 25.8 Å². The second-order valence-electron chi connectivity index (χ2n) is 5.17. The van der Waals surface area contributed by atoms with Crippen LogP contribution in [0, 0.1) is 0 Å². The number of rotatable bonds is 2. The van der Waals surface area contributed by atoms with Crippen molar-refractivity contribution in [2.45, 2.75) is 29.6 Å². The molecule has 3 rings (SSSR count). The first-order chi connectivity index (χ1) is 10.1. The highest BCUT2D eigenvalue weighted by Gasteiger charge is 2.28. The molecule has 0 amide bonds. The van der Waals surface area contributed by atoms with E-state index in [-0.39, 0.29) is 0 Å². The van der Waals surface area contributed by atoms with Crippen LogP contribution in [0.3, 0.4) is 0 Å². The molecule has 110 valence electrons. The van der Waals surface area contributed by atoms with Crippen LogP contribution in [0.1, 0.15) is 24.9 Å². The maximum atomic E-state index is 6.22. The Morgan fingerprint density at radius 1 is 1.10 bits per heavy atom. The monoisotopic (exact) mass is 336 g/mol. The summed E-state index contributed by atoms with van der Waals surface area (Å²) in [6, 6.07) is 12.0. The lowest BCUT2D eigenvalue weighted by Crippen LogP contribution is -2.23. The molecule has 1 aliphatic heterocycles. The maximum absolute atomic E-state index is 6.22. The van der Waals surface area contributed by atoms with Crippen molar-refractivity contribution >= 4 is 35.1 Å². The van der Waals surface area contributed by atoms with Crippen LogP contribution in [0.15, 0.2) is 36.4 Å². The molecule has 5 heteroatoms. The average Bonchev–Trinajstić information content (AvgIpc) is 2.50. The number of nitrogens with zero attached hydrogens (tertiary/aromatic N) is 2. The van der Waals surface area contributed by atoms with Gasteiger partial charge >= 0.3 is 0 Å². The molecule has 1 aliphatic rings. The molecule has 21 heavy (non-hydrogen) atoms. The lowest BCUT2D eigenvalue weighted by molar-refractivity contribution is 0.860. The van der Waals surface area contributed by atoms with Gasteiger partial charge in [-0.25, -0.2) is 9.97 Å². The Morgan fingerprint density at radius 3 is 2.57 bits per heavy atom. The van der Waals surface area contributed by atoms with Gasteiger partial charge in [0.1, 0.15) is 11.0 Å². The molecule has 1 aromatic heterocycles. The molecular weight excluding hydrogens is 320 g/mol. The van der Waals surface area contributed by atoms with Gasteiger partial charge in [-0.05, 0) is 0 Å². The Labute approximate surface area is 139 Å². The minimum Gasteiger partial charge on any atom is -0.232 e. The lowest BCUT2D eigenvalue weighted by atomic mass is 10.1. The molecule has 0 N–H and O–H groups in total. The summed E-state index contributed by atoms with van der Waals surface area (Å²) in [5.74, 6) is 1.91. The zero-order valence-corrected chi connectivity index (χ0v) is 14.4. The molecule has 0 saturated carbocycles. The van der Waals surface area contributed by atoms with Crippen LogP contribution >= 0.6 is 35.1 Å². The second kappa shape index (κ2) is 6.59. The zero-order valence-electron chi connectivity index (χ0n) is 12.0. The summed E-state index contributed by atoms with van der Waals surface area (Å²) in [5.41, 5.74) is 1.99. The Bertz CT molecular complexity index is 621. The lowest BCUT2D eigenvalue weighted by Gasteiger charge is -2.30. The molecule has 2 heterocycles. The standard InChI is InChI=1S/C16H17ClN2S2/c1-10-11(2)21-14(9-20-10)16-18-13(8-15(17)19-16)12-6-4-3-5-7-12/h3-8,10-11,14H,9H2,1-2H3. The highest BCUT2D eigenvalue weighted by molar-refractivity contribution is 8.07. The number of hydrogen-bond acceptors (Lipinski definition) is 4. The van der Waals surface area contributed by atoms with Crippen molar-refractivity contribution in [3.8, 4) is 11.3 Å². The van der Waals surface area contributed by atoms with E-state index in [2.05, 4.69) is 31.0 Å². The van der Waals surface area contributed by atoms with E-state index in [1.807, 2.05) is 47.8 Å². The van der Waals surface area contributed by atoms with Gasteiger partial charge in [-0.1, -0.05) is 55.8 Å². The first-order valence-corrected chi connectivity index (χ1v) is 9.37. The van der Waals surface area contributed by atoms with Crippen LogP contribution in [0.5, 0.6) is 0 Å². The molecule has 2 aromatic rings. The van der Waals surface area contributed by atoms with Crippen LogP contribution in [0.25, 0.3) is 11.3 Å². The minimum atomic E-state index is 0.322. The number of aromatic nitrogens is 2. The predicted octanol–water partition coefficient (Wildman–Crippen LogP) is 5.10. The van der Waals surface area contributed by atoms with Crippen molar-refractivity contribution < 1.29 is 0 Å². The molecule has 1 saturated heterocycles. The van der Waals surface area contributed by atoms with Crippen molar-refractivity contribution in [3.63, 3.8) is 0 Å². The van der Waals surface area contributed by atoms with Gasteiger partial charge in [0.25, 0.3) is 0 Å². The maximum Gasteiger partial charge on any atom is 0.144 e. The van der Waals surface area contributed by atoms with E-state index < -0.39 is 0 Å². The Hall–Kier alpha value is -0.710. The predicted molar refractivity (Wildman–Crippen MR) is 94.2 cm³/mol. The second-order valence-corrected chi connectivity index (χ2v) is 8.55. The quantitative estimate of drug-likeness (QED) is 0.713. The van der Waals surface area contributed by atoms with Crippen LogP contribution in [0.4, 0.5) is 0 Å². The highest BCUT2D eigenvalue weighted by atomic mass is 35.5. The van der Waals surface area contributed by atoms with Gasteiger partial charge in [-0.3, -0.25) is 0 Å².